The van der Waals surface area contributed by atoms with Crippen LogP contribution in [0.15, 0.2) is 42.7 Å². The van der Waals surface area contributed by atoms with Gasteiger partial charge in [-0.2, -0.15) is 0 Å². The molecule has 0 aliphatic rings. The highest BCUT2D eigenvalue weighted by molar-refractivity contribution is 5.85. The van der Waals surface area contributed by atoms with E-state index in [1.54, 1.807) is 18.2 Å². The van der Waals surface area contributed by atoms with E-state index in [0.717, 1.165) is 0 Å². The van der Waals surface area contributed by atoms with Crippen molar-refractivity contribution in [2.24, 2.45) is 7.05 Å². The Bertz CT molecular complexity index is 492. The molecular weight excluding hydrogens is 240 g/mol. The Kier molecular flexibility index (Phi) is 6.36. The van der Waals surface area contributed by atoms with E-state index in [4.69, 9.17) is 0 Å². The van der Waals surface area contributed by atoms with Crippen LogP contribution in [0.25, 0.3) is 0 Å². The molecule has 0 amide bonds. The van der Waals surface area contributed by atoms with E-state index in [9.17, 15) is 9.90 Å². The van der Waals surface area contributed by atoms with Crippen LogP contribution in [0.4, 0.5) is 0 Å². The number of carboxylic acid groups (broad SMARTS) is 1. The van der Waals surface area contributed by atoms with Crippen molar-refractivity contribution in [3.05, 3.63) is 54.1 Å². The van der Waals surface area contributed by atoms with Crippen LogP contribution in [0.2, 0.25) is 0 Å². The molecule has 0 radical (unpaired) electrons. The summed E-state index contributed by atoms with van der Waals surface area (Å²) in [4.78, 5) is 13.3. The first-order valence-electron chi connectivity index (χ1n) is 6.43. The lowest BCUT2D eigenvalue weighted by Gasteiger charge is -1.97. The van der Waals surface area contributed by atoms with Crippen molar-refractivity contribution in [3.63, 3.8) is 0 Å². The highest BCUT2D eigenvalue weighted by atomic mass is 16.4. The summed E-state index contributed by atoms with van der Waals surface area (Å²) in [7, 11) is 2.07. The van der Waals surface area contributed by atoms with Crippen molar-refractivity contribution in [3.8, 4) is 0 Å². The second-order valence-electron chi connectivity index (χ2n) is 4.27. The number of H-pyrrole nitrogens is 1. The second-order valence-corrected chi connectivity index (χ2v) is 4.27. The minimum Gasteiger partial charge on any atom is -0.545 e. The number of unbranched alkanes of at least 4 members (excludes halogenated alkanes) is 1. The van der Waals surface area contributed by atoms with Gasteiger partial charge in [-0.1, -0.05) is 43.7 Å². The number of aromatic carboxylic acids is 1. The zero-order valence-electron chi connectivity index (χ0n) is 11.4. The Morgan fingerprint density at radius 2 is 2.00 bits per heavy atom. The number of aromatic nitrogens is 2. The van der Waals surface area contributed by atoms with Crippen molar-refractivity contribution in [1.29, 1.82) is 0 Å². The van der Waals surface area contributed by atoms with E-state index in [1.807, 2.05) is 12.4 Å². The predicted molar refractivity (Wildman–Crippen MR) is 71.4 cm³/mol. The van der Waals surface area contributed by atoms with Crippen LogP contribution >= 0.6 is 0 Å². The van der Waals surface area contributed by atoms with Crippen LogP contribution in [-0.4, -0.2) is 11.0 Å². The number of carboxylic acids is 1. The number of hydrogen-bond acceptors (Lipinski definition) is 2. The number of aromatic amines is 1. The zero-order chi connectivity index (χ0) is 14.1. The Balaban J connectivity index is 0.000000191. The van der Waals surface area contributed by atoms with Gasteiger partial charge in [0.05, 0.1) is 13.0 Å². The molecule has 0 spiro atoms. The van der Waals surface area contributed by atoms with E-state index < -0.39 is 5.97 Å². The lowest BCUT2D eigenvalue weighted by molar-refractivity contribution is -0.677. The molecule has 0 unspecified atom stereocenters. The molecule has 1 aromatic carbocycles. The molecule has 19 heavy (non-hydrogen) atoms. The van der Waals surface area contributed by atoms with Crippen LogP contribution in [-0.2, 0) is 13.5 Å². The number of imidazole rings is 1. The Labute approximate surface area is 113 Å². The summed E-state index contributed by atoms with van der Waals surface area (Å²) in [5.74, 6) is 0.192. The number of nitrogens with one attached hydrogen (secondary N) is 1. The van der Waals surface area contributed by atoms with E-state index in [-0.39, 0.29) is 5.56 Å². The molecule has 2 aromatic rings. The second kappa shape index (κ2) is 8.08. The Morgan fingerprint density at radius 3 is 2.42 bits per heavy atom. The first-order valence-corrected chi connectivity index (χ1v) is 6.43. The van der Waals surface area contributed by atoms with E-state index >= 15 is 0 Å². The third kappa shape index (κ3) is 5.38. The van der Waals surface area contributed by atoms with Gasteiger partial charge in [-0.15, -0.1) is 0 Å². The molecule has 1 N–H and O–H groups in total. The highest BCUT2D eigenvalue weighted by Gasteiger charge is 2.03. The molecule has 4 nitrogen and oxygen atoms in total. The summed E-state index contributed by atoms with van der Waals surface area (Å²) < 4.78 is 2.13. The first kappa shape index (κ1) is 15.0. The lowest BCUT2D eigenvalue weighted by atomic mass is 10.2. The number of carbonyl (C=O) groups is 1. The fourth-order valence-corrected chi connectivity index (χ4v) is 1.60. The molecule has 0 saturated carbocycles. The smallest absolute Gasteiger partial charge is 0.253 e. The van der Waals surface area contributed by atoms with Crippen LogP contribution < -0.4 is 9.67 Å². The summed E-state index contributed by atoms with van der Waals surface area (Å²) in [6.07, 6.45) is 7.73. The van der Waals surface area contributed by atoms with Crippen LogP contribution in [0.3, 0.4) is 0 Å². The van der Waals surface area contributed by atoms with Gasteiger partial charge in [-0.3, -0.25) is 0 Å². The minimum atomic E-state index is -1.13. The maximum Gasteiger partial charge on any atom is 0.253 e. The van der Waals surface area contributed by atoms with Crippen molar-refractivity contribution in [2.75, 3.05) is 0 Å². The normalized spacial score (nSPS) is 9.58. The van der Waals surface area contributed by atoms with E-state index in [1.165, 1.54) is 37.2 Å². The summed E-state index contributed by atoms with van der Waals surface area (Å²) in [6.45, 7) is 2.21. The van der Waals surface area contributed by atoms with Crippen molar-refractivity contribution >= 4 is 5.97 Å². The maximum atomic E-state index is 10.1. The molecule has 0 fully saturated rings. The number of nitrogens with zero attached hydrogens (tertiary/aromatic N) is 1. The fraction of sp³-hybridized carbons (Fsp3) is 0.333. The van der Waals surface area contributed by atoms with E-state index in [0.29, 0.717) is 0 Å². The zero-order valence-corrected chi connectivity index (χ0v) is 11.4. The largest absolute Gasteiger partial charge is 0.545 e. The van der Waals surface area contributed by atoms with Crippen LogP contribution in [0.1, 0.15) is 35.9 Å². The van der Waals surface area contributed by atoms with Gasteiger partial charge >= 0.3 is 0 Å². The number of hydrogen-bond donors (Lipinski definition) is 1. The molecule has 0 atom stereocenters. The number of aryl methyl sites for hydroxylation is 2. The van der Waals surface area contributed by atoms with Gasteiger partial charge in [0, 0.05) is 6.42 Å². The summed E-state index contributed by atoms with van der Waals surface area (Å²) in [5, 5.41) is 10.1. The molecule has 0 saturated heterocycles. The quantitative estimate of drug-likeness (QED) is 0.841. The predicted octanol–water partition coefficient (Wildman–Crippen LogP) is 1.23. The monoisotopic (exact) mass is 260 g/mol. The molecule has 102 valence electrons. The average molecular weight is 260 g/mol. The van der Waals surface area contributed by atoms with Gasteiger partial charge in [0.2, 0.25) is 0 Å². The standard InChI is InChI=1S/C8H14N2.C7H6O2/c1-3-4-5-8-9-6-7-10(8)2;8-7(9)6-4-2-1-3-5-6/h6-7H,3-5H2,1-2H3;1-5H,(H,8,9). The maximum absolute atomic E-state index is 10.1. The Morgan fingerprint density at radius 1 is 1.32 bits per heavy atom. The first-order chi connectivity index (χ1) is 9.15. The third-order valence-corrected chi connectivity index (χ3v) is 2.75. The molecular formula is C15H20N2O2. The van der Waals surface area contributed by atoms with E-state index in [2.05, 4.69) is 23.5 Å². The van der Waals surface area contributed by atoms with Crippen molar-refractivity contribution in [2.45, 2.75) is 26.2 Å². The van der Waals surface area contributed by atoms with Gasteiger partial charge in [0.1, 0.15) is 12.4 Å². The van der Waals surface area contributed by atoms with Crippen LogP contribution in [0.5, 0.6) is 0 Å². The van der Waals surface area contributed by atoms with Crippen molar-refractivity contribution in [1.82, 2.24) is 4.98 Å². The molecule has 0 bridgehead atoms. The fourth-order valence-electron chi connectivity index (χ4n) is 1.60. The van der Waals surface area contributed by atoms with Gasteiger partial charge in [0.25, 0.3) is 5.82 Å². The molecule has 1 heterocycles. The number of rotatable bonds is 4. The number of carbonyl (C=O) groups excluding carboxylic acids is 1. The highest BCUT2D eigenvalue weighted by Crippen LogP contribution is 1.95. The SMILES string of the molecule is CCCCc1[nH]cc[n+]1C.O=C([O-])c1ccccc1. The summed E-state index contributed by atoms with van der Waals surface area (Å²) >= 11 is 0. The topological polar surface area (TPSA) is 59.8 Å². The minimum absolute atomic E-state index is 0.220. The summed E-state index contributed by atoms with van der Waals surface area (Å²) in [6, 6.07) is 8.06. The van der Waals surface area contributed by atoms with Gasteiger partial charge in [-0.25, -0.2) is 9.55 Å². The Hall–Kier alpha value is -2.10. The van der Waals surface area contributed by atoms with Gasteiger partial charge in [0.15, 0.2) is 0 Å². The molecule has 4 heteroatoms. The number of benzene rings is 1. The molecule has 2 rings (SSSR count). The molecule has 0 aliphatic carbocycles. The summed E-state index contributed by atoms with van der Waals surface area (Å²) in [5.41, 5.74) is 0.220. The third-order valence-electron chi connectivity index (χ3n) is 2.75. The van der Waals surface area contributed by atoms with Crippen molar-refractivity contribution < 1.29 is 14.5 Å². The van der Waals surface area contributed by atoms with Gasteiger partial charge < -0.3 is 9.90 Å². The van der Waals surface area contributed by atoms with Gasteiger partial charge in [-0.05, 0) is 12.0 Å². The molecule has 1 aromatic heterocycles. The lowest BCUT2D eigenvalue weighted by Crippen LogP contribution is -2.30. The molecule has 0 aliphatic heterocycles. The van der Waals surface area contributed by atoms with Crippen LogP contribution in [0, 0.1) is 0 Å². The average Bonchev–Trinajstić information content (AvgIpc) is 2.83.